The summed E-state index contributed by atoms with van der Waals surface area (Å²) in [6.45, 7) is 9.13. The number of fused-ring (bicyclic) bond motifs is 16. The minimum absolute atomic E-state index is 0.000892. The Morgan fingerprint density at radius 3 is 1.56 bits per heavy atom. The van der Waals surface area contributed by atoms with E-state index in [0.717, 1.165) is 22.3 Å². The average molecular weight is 1770 g/mol. The molecular weight excluding hydrogens is 1650 g/mol. The lowest BCUT2D eigenvalue weighted by atomic mass is 9.96. The summed E-state index contributed by atoms with van der Waals surface area (Å²) in [5.74, 6) is -7.93. The minimum atomic E-state index is -5.09. The number of phenols is 1. The van der Waals surface area contributed by atoms with Gasteiger partial charge in [-0.25, -0.2) is 0 Å². The third-order valence-corrected chi connectivity index (χ3v) is 22.5. The Balaban J connectivity index is 0.719. The van der Waals surface area contributed by atoms with Crippen LogP contribution in [0.1, 0.15) is 100 Å². The number of hydrogen-bond donors (Lipinski definition) is 25. The van der Waals surface area contributed by atoms with Gasteiger partial charge in [0.15, 0.2) is 5.96 Å². The van der Waals surface area contributed by atoms with Crippen molar-refractivity contribution < 1.29 is 93.6 Å². The summed E-state index contributed by atoms with van der Waals surface area (Å²) in [5, 5.41) is 68.8. The van der Waals surface area contributed by atoms with Gasteiger partial charge < -0.3 is 123 Å². The fourth-order valence-corrected chi connectivity index (χ4v) is 15.7. The summed E-state index contributed by atoms with van der Waals surface area (Å²) in [6.07, 6.45) is 0.704. The van der Waals surface area contributed by atoms with Crippen molar-refractivity contribution in [2.24, 2.45) is 16.5 Å². The molecule has 1 unspecified atom stereocenters. The molecule has 0 aliphatic carbocycles. The van der Waals surface area contributed by atoms with Crippen LogP contribution in [-0.2, 0) is 84.1 Å². The summed E-state index contributed by atoms with van der Waals surface area (Å²) >= 11 is 0. The molecule has 4 aliphatic rings. The molecule has 2 bridgehead atoms. The second-order valence-electron chi connectivity index (χ2n) is 30.7. The van der Waals surface area contributed by atoms with Crippen molar-refractivity contribution in [3.05, 3.63) is 102 Å². The van der Waals surface area contributed by atoms with Crippen LogP contribution < -0.4 is 113 Å². The van der Waals surface area contributed by atoms with Gasteiger partial charge in [0.25, 0.3) is 20.2 Å². The standard InChI is InChI=1S/C80H116N22O20S2/c1-49-37-52(53-20-23-56(50(2)38-53)101-102-57-24-21-54-62(123(116,117)118)41-63(124(119,120)121)72(81)71(54)73(57)111)19-22-55(49)94-66(105)16-9-18-68(107)100-80-46-87-31-28-84-43-79(44-85-29-32-88-47-80,45-86-30-33-89-48-80)99-67(106)17-8-15-64(103)91-34-36-122-35-25-65(104)90-26-7-6-13-59-75(113)96-58(14-10-27-92-78(82)83)74(112)93-42-69(108)95-61(40-70(109)110)77(115)98-60(76(114)97-59)39-51-11-4-3-5-12-51/h3-5,11-12,19-24,37-38,41,58-61,84-89,101-102,111H,6-10,13-18,25-36,39-40,42-48,81H2,1-2H3,(H,90,104)(H,91,103)(H,93,112)(H,94,105)(H,95,108)(H,96,113)(H,97,114)(H,98,115)(H,99,106)(H,100,107)(H,109,110)(H4,82,83,92)(H,116,117,118)(H,119,120,121)/t58-,59?,60+,61-,79?,80?/m0/s1. The minimum Gasteiger partial charge on any atom is -0.505 e. The smallest absolute Gasteiger partial charge is 0.305 e. The van der Waals surface area contributed by atoms with Crippen LogP contribution in [0.25, 0.3) is 21.9 Å². The second kappa shape index (κ2) is 48.0. The van der Waals surface area contributed by atoms with E-state index < -0.39 is 131 Å². The van der Waals surface area contributed by atoms with Gasteiger partial charge in [0.1, 0.15) is 39.7 Å². The van der Waals surface area contributed by atoms with Crippen molar-refractivity contribution in [3.8, 4) is 16.9 Å². The molecule has 5 aromatic carbocycles. The number of aliphatic imine (C=N–C) groups is 1. The molecule has 4 atom stereocenters. The fraction of sp³-hybridized carbons (Fsp3) is 0.500. The van der Waals surface area contributed by atoms with E-state index in [-0.39, 0.29) is 156 Å². The van der Waals surface area contributed by atoms with Crippen molar-refractivity contribution >= 4 is 125 Å². The molecule has 0 saturated carbocycles. The van der Waals surface area contributed by atoms with E-state index in [1.807, 2.05) is 38.1 Å². The number of carbonyl (C=O) groups excluding carboxylic acids is 10. The lowest BCUT2D eigenvalue weighted by Gasteiger charge is -2.39. The molecule has 10 amide bonds. The molecule has 5 aromatic rings. The van der Waals surface area contributed by atoms with Crippen LogP contribution in [0.4, 0.5) is 22.7 Å². The zero-order valence-corrected chi connectivity index (χ0v) is 71.0. The number of phenolic OH excluding ortho intramolecular Hbond substituents is 1. The lowest BCUT2D eigenvalue weighted by Crippen LogP contribution is -2.68. The summed E-state index contributed by atoms with van der Waals surface area (Å²) in [4.78, 5) is 149. The van der Waals surface area contributed by atoms with Gasteiger partial charge in [-0.3, -0.25) is 72.3 Å². The molecule has 0 spiro atoms. The van der Waals surface area contributed by atoms with E-state index in [9.17, 15) is 88.9 Å². The Morgan fingerprint density at radius 2 is 1.01 bits per heavy atom. The number of aromatic hydroxyl groups is 1. The maximum atomic E-state index is 14.1. The van der Waals surface area contributed by atoms with Crippen molar-refractivity contribution in [1.82, 2.24) is 79.8 Å². The van der Waals surface area contributed by atoms with E-state index in [0.29, 0.717) is 108 Å². The SMILES string of the molecule is Cc1cc(-c2ccc(NC(=O)CCCC(=O)NC34CNCCNCC(NC(=O)CCCC(=O)NCCOCCC(=O)NCCCCC5NC(=O)[C@@H](Cc6ccccc6)NC(=O)[C@H](CC(=O)O)NC(=O)CNC(=O)[C@H](CCCN=C(N)N)NC5=O)(CNCCNC3)CNCCNC4)c(C)c2)ccc1NNc1ccc2c(S(=O)(=O)O)cc(S(=O)(=O)O)c(N)c2c1O. The van der Waals surface area contributed by atoms with E-state index in [2.05, 4.69) is 101 Å². The number of guanidine groups is 1. The fourth-order valence-electron chi connectivity index (χ4n) is 14.2. The second-order valence-corrected chi connectivity index (χ2v) is 33.5. The first-order valence-electron chi connectivity index (χ1n) is 40.9. The number of carboxylic acids is 1. The molecular formula is C80H116N22O20S2. The third-order valence-electron chi connectivity index (χ3n) is 20.7. The zero-order chi connectivity index (χ0) is 90.0. The maximum absolute atomic E-state index is 14.1. The maximum Gasteiger partial charge on any atom is 0.305 e. The lowest BCUT2D eigenvalue weighted by molar-refractivity contribution is -0.141. The molecule has 678 valence electrons. The van der Waals surface area contributed by atoms with Crippen LogP contribution >= 0.6 is 0 Å². The van der Waals surface area contributed by atoms with Gasteiger partial charge in [0, 0.05) is 148 Å². The number of carboxylic acid groups (broad SMARTS) is 1. The van der Waals surface area contributed by atoms with Gasteiger partial charge in [-0.15, -0.1) is 0 Å². The van der Waals surface area contributed by atoms with Gasteiger partial charge >= 0.3 is 5.97 Å². The highest BCUT2D eigenvalue weighted by atomic mass is 32.2. The molecule has 124 heavy (non-hydrogen) atoms. The molecule has 9 rings (SSSR count). The molecule has 4 saturated heterocycles. The van der Waals surface area contributed by atoms with Crippen LogP contribution in [0, 0.1) is 13.8 Å². The largest absolute Gasteiger partial charge is 0.505 e. The van der Waals surface area contributed by atoms with Gasteiger partial charge in [-0.2, -0.15) is 16.8 Å². The van der Waals surface area contributed by atoms with Crippen LogP contribution in [0.5, 0.6) is 5.75 Å². The first-order valence-corrected chi connectivity index (χ1v) is 43.8. The van der Waals surface area contributed by atoms with Crippen LogP contribution in [-0.4, -0.2) is 260 Å². The molecule has 0 radical (unpaired) electrons. The van der Waals surface area contributed by atoms with Gasteiger partial charge in [0.2, 0.25) is 59.1 Å². The number of aryl methyl sites for hydroxylation is 2. The van der Waals surface area contributed by atoms with E-state index in [4.69, 9.17) is 21.9 Å². The number of rotatable bonds is 36. The first kappa shape index (κ1) is 98.0. The predicted octanol–water partition coefficient (Wildman–Crippen LogP) is -2.45. The number of ether oxygens (including phenoxy) is 1. The number of nitrogens with zero attached hydrogens (tertiary/aromatic N) is 1. The predicted molar refractivity (Wildman–Crippen MR) is 462 cm³/mol. The van der Waals surface area contributed by atoms with Crippen molar-refractivity contribution in [2.75, 3.05) is 140 Å². The number of benzene rings is 5. The molecule has 4 aliphatic heterocycles. The highest BCUT2D eigenvalue weighted by molar-refractivity contribution is 7.87. The van der Waals surface area contributed by atoms with E-state index >= 15 is 0 Å². The summed E-state index contributed by atoms with van der Waals surface area (Å²) < 4.78 is 73.7. The number of carbonyl (C=O) groups is 11. The van der Waals surface area contributed by atoms with Crippen LogP contribution in [0.2, 0.25) is 0 Å². The number of anilines is 4. The highest BCUT2D eigenvalue weighted by Gasteiger charge is 2.37. The van der Waals surface area contributed by atoms with Gasteiger partial charge in [-0.1, -0.05) is 48.5 Å². The highest BCUT2D eigenvalue weighted by Crippen LogP contribution is 2.43. The number of nitrogens with two attached hydrogens (primary N) is 3. The van der Waals surface area contributed by atoms with Crippen LogP contribution in [0.15, 0.2) is 99.7 Å². The number of hydrazine groups is 1. The summed E-state index contributed by atoms with van der Waals surface area (Å²) in [7, 11) is -10.1. The monoisotopic (exact) mass is 1770 g/mol. The first-order chi connectivity index (χ1) is 59.1. The number of nitrogens with one attached hydrogen (secondary N) is 18. The number of nitrogen functional groups attached to an aromatic ring is 1. The van der Waals surface area contributed by atoms with Gasteiger partial charge in [0.05, 0.1) is 59.7 Å². The quantitative estimate of drug-likeness (QED) is 0.00376. The molecule has 4 fully saturated rings. The third kappa shape index (κ3) is 31.7. The average Bonchev–Trinajstić information content (AvgIpc) is 0.756. The Bertz CT molecular complexity index is 4810. The van der Waals surface area contributed by atoms with E-state index in [1.54, 1.807) is 42.5 Å². The normalized spacial score (nSPS) is 20.0. The Morgan fingerprint density at radius 1 is 0.524 bits per heavy atom. The van der Waals surface area contributed by atoms with Crippen molar-refractivity contribution in [1.29, 1.82) is 0 Å². The van der Waals surface area contributed by atoms with Crippen molar-refractivity contribution in [3.63, 3.8) is 0 Å². The van der Waals surface area contributed by atoms with Crippen LogP contribution in [0.3, 0.4) is 0 Å². The topological polar surface area (TPSA) is 653 Å². The number of aliphatic carboxylic acids is 1. The molecule has 44 heteroatoms. The van der Waals surface area contributed by atoms with E-state index in [1.165, 1.54) is 12.1 Å². The molecule has 0 aromatic heterocycles. The zero-order valence-electron chi connectivity index (χ0n) is 69.3. The number of unbranched alkanes of at least 4 members (excludes halogenated alkanes) is 1. The van der Waals surface area contributed by atoms with Crippen molar-refractivity contribution in [2.45, 2.75) is 149 Å². The molecule has 42 nitrogen and oxygen atoms in total. The number of amides is 10. The summed E-state index contributed by atoms with van der Waals surface area (Å²) in [6, 6.07) is 17.0. The van der Waals surface area contributed by atoms with Gasteiger partial charge in [-0.05, 0) is 123 Å². The summed E-state index contributed by atoms with van der Waals surface area (Å²) in [5.41, 5.74) is 25.4. The molecule has 4 heterocycles. The Labute approximate surface area is 718 Å². The Hall–Kier alpha value is -11.5. The Kier molecular flexibility index (Phi) is 37.9. The molecule has 28 N–H and O–H groups in total. The number of hydrogen-bond acceptors (Lipinski definition) is 27.